The van der Waals surface area contributed by atoms with E-state index in [9.17, 15) is 19.5 Å². The van der Waals surface area contributed by atoms with Gasteiger partial charge in [-0.15, -0.1) is 0 Å². The standard InChI is InChI=1S/C23H31N3O5/c1-13-6-7-14(2)15(12-13)25-21(29)19-23-9-8-16(31-23)17(20(28)24-3)18(23)22(30)26(19)10-4-5-11-27/h6-7,12,16-19,27H,4-5,8-11H2,1-3H3,(H,24,28)(H,25,29)/t16-,17+,18-,19?,23?/m0/s1. The zero-order chi connectivity index (χ0) is 22.3. The Hall–Kier alpha value is -2.45. The number of rotatable bonds is 7. The van der Waals surface area contributed by atoms with Gasteiger partial charge in [0.1, 0.15) is 11.6 Å². The molecule has 3 aliphatic heterocycles. The van der Waals surface area contributed by atoms with Gasteiger partial charge in [-0.25, -0.2) is 0 Å². The third-order valence-corrected chi connectivity index (χ3v) is 7.06. The van der Waals surface area contributed by atoms with Crippen LogP contribution in [0, 0.1) is 25.7 Å². The molecule has 2 bridgehead atoms. The van der Waals surface area contributed by atoms with Crippen LogP contribution in [0.5, 0.6) is 0 Å². The molecule has 3 saturated heterocycles. The zero-order valence-electron chi connectivity index (χ0n) is 18.3. The number of carbonyl (C=O) groups is 3. The maximum absolute atomic E-state index is 13.6. The number of benzene rings is 1. The molecule has 168 valence electrons. The van der Waals surface area contributed by atoms with Crippen molar-refractivity contribution in [3.8, 4) is 0 Å². The van der Waals surface area contributed by atoms with Crippen LogP contribution in [0.25, 0.3) is 0 Å². The van der Waals surface area contributed by atoms with Gasteiger partial charge in [0.15, 0.2) is 0 Å². The molecule has 1 aromatic carbocycles. The maximum atomic E-state index is 13.6. The Morgan fingerprint density at radius 3 is 2.74 bits per heavy atom. The number of ether oxygens (including phenoxy) is 1. The summed E-state index contributed by atoms with van der Waals surface area (Å²) < 4.78 is 6.32. The van der Waals surface area contributed by atoms with Crippen LogP contribution in [-0.4, -0.2) is 65.7 Å². The number of anilines is 1. The highest BCUT2D eigenvalue weighted by molar-refractivity contribution is 6.03. The van der Waals surface area contributed by atoms with Gasteiger partial charge in [-0.2, -0.15) is 0 Å². The first-order valence-electron chi connectivity index (χ1n) is 11.0. The monoisotopic (exact) mass is 429 g/mol. The average molecular weight is 430 g/mol. The fraction of sp³-hybridized carbons (Fsp3) is 0.609. The SMILES string of the molecule is CNC(=O)[C@@H]1[C@@H]2CCC3(O2)C(C(=O)Nc2cc(C)ccc2C)N(CCCCO)C(=O)[C@H]13. The van der Waals surface area contributed by atoms with Crippen molar-refractivity contribution in [2.45, 2.75) is 57.3 Å². The number of aryl methyl sites for hydroxylation is 2. The van der Waals surface area contributed by atoms with Gasteiger partial charge in [0.05, 0.1) is 17.9 Å². The molecule has 8 nitrogen and oxygen atoms in total. The van der Waals surface area contributed by atoms with E-state index in [0.29, 0.717) is 37.9 Å². The molecule has 1 aromatic rings. The summed E-state index contributed by atoms with van der Waals surface area (Å²) in [4.78, 5) is 41.3. The van der Waals surface area contributed by atoms with Crippen LogP contribution in [0.15, 0.2) is 18.2 Å². The van der Waals surface area contributed by atoms with E-state index in [1.165, 1.54) is 0 Å². The molecule has 3 fully saturated rings. The number of aliphatic hydroxyl groups excluding tert-OH is 1. The third kappa shape index (κ3) is 3.42. The Balaban J connectivity index is 1.69. The number of likely N-dealkylation sites (tertiary alicyclic amines) is 1. The lowest BCUT2D eigenvalue weighted by molar-refractivity contribution is -0.140. The minimum atomic E-state index is -0.986. The molecular formula is C23H31N3O5. The Kier molecular flexibility index (Phi) is 5.79. The minimum absolute atomic E-state index is 0.0232. The molecule has 4 rings (SSSR count). The van der Waals surface area contributed by atoms with Crippen molar-refractivity contribution in [2.24, 2.45) is 11.8 Å². The van der Waals surface area contributed by atoms with E-state index in [1.807, 2.05) is 32.0 Å². The molecule has 2 unspecified atom stereocenters. The summed E-state index contributed by atoms with van der Waals surface area (Å²) >= 11 is 0. The first-order valence-corrected chi connectivity index (χ1v) is 11.0. The molecule has 5 atom stereocenters. The summed E-state index contributed by atoms with van der Waals surface area (Å²) in [5, 5.41) is 14.9. The normalized spacial score (nSPS) is 31.1. The van der Waals surface area contributed by atoms with Crippen LogP contribution in [0.2, 0.25) is 0 Å². The fourth-order valence-electron chi connectivity index (χ4n) is 5.63. The summed E-state index contributed by atoms with van der Waals surface area (Å²) in [7, 11) is 1.56. The number of fused-ring (bicyclic) bond motifs is 1. The second-order valence-electron chi connectivity index (χ2n) is 8.94. The third-order valence-electron chi connectivity index (χ3n) is 7.06. The molecule has 0 aromatic heterocycles. The summed E-state index contributed by atoms with van der Waals surface area (Å²) in [6.07, 6.45) is 1.99. The van der Waals surface area contributed by atoms with E-state index >= 15 is 0 Å². The molecule has 3 amide bonds. The second-order valence-corrected chi connectivity index (χ2v) is 8.94. The topological polar surface area (TPSA) is 108 Å². The van der Waals surface area contributed by atoms with E-state index in [0.717, 1.165) is 11.1 Å². The van der Waals surface area contributed by atoms with Gasteiger partial charge in [0.25, 0.3) is 0 Å². The van der Waals surface area contributed by atoms with E-state index < -0.39 is 23.5 Å². The van der Waals surface area contributed by atoms with Crippen molar-refractivity contribution in [1.82, 2.24) is 10.2 Å². The molecule has 1 spiro atoms. The number of nitrogens with one attached hydrogen (secondary N) is 2. The zero-order valence-corrected chi connectivity index (χ0v) is 18.3. The van der Waals surface area contributed by atoms with Crippen LogP contribution in [0.1, 0.15) is 36.8 Å². The molecule has 3 aliphatic rings. The summed E-state index contributed by atoms with van der Waals surface area (Å²) in [5.41, 5.74) is 1.68. The van der Waals surface area contributed by atoms with Crippen LogP contribution in [0.4, 0.5) is 5.69 Å². The second kappa shape index (κ2) is 8.24. The van der Waals surface area contributed by atoms with Crippen molar-refractivity contribution in [3.63, 3.8) is 0 Å². The number of hydrogen-bond acceptors (Lipinski definition) is 5. The van der Waals surface area contributed by atoms with E-state index in [-0.39, 0.29) is 30.4 Å². The number of carbonyl (C=O) groups excluding carboxylic acids is 3. The molecule has 3 N–H and O–H groups in total. The lowest BCUT2D eigenvalue weighted by Gasteiger charge is -2.33. The Labute approximate surface area is 182 Å². The first-order chi connectivity index (χ1) is 14.8. The average Bonchev–Trinajstić information content (AvgIpc) is 3.38. The predicted molar refractivity (Wildman–Crippen MR) is 114 cm³/mol. The molecular weight excluding hydrogens is 398 g/mol. The highest BCUT2D eigenvalue weighted by atomic mass is 16.5. The van der Waals surface area contributed by atoms with Gasteiger partial charge >= 0.3 is 0 Å². The van der Waals surface area contributed by atoms with Gasteiger partial charge in [0, 0.05) is 25.9 Å². The van der Waals surface area contributed by atoms with E-state index in [1.54, 1.807) is 11.9 Å². The lowest BCUT2D eigenvalue weighted by atomic mass is 9.70. The Bertz CT molecular complexity index is 903. The van der Waals surface area contributed by atoms with Crippen molar-refractivity contribution >= 4 is 23.4 Å². The van der Waals surface area contributed by atoms with E-state index in [2.05, 4.69) is 10.6 Å². The smallest absolute Gasteiger partial charge is 0.250 e. The van der Waals surface area contributed by atoms with Gasteiger partial charge in [-0.1, -0.05) is 12.1 Å². The summed E-state index contributed by atoms with van der Waals surface area (Å²) in [6, 6.07) is 5.04. The molecule has 8 heteroatoms. The maximum Gasteiger partial charge on any atom is 0.250 e. The van der Waals surface area contributed by atoms with Gasteiger partial charge in [-0.3, -0.25) is 14.4 Å². The number of aliphatic hydroxyl groups is 1. The fourth-order valence-corrected chi connectivity index (χ4v) is 5.63. The first kappa shape index (κ1) is 21.8. The van der Waals surface area contributed by atoms with Crippen molar-refractivity contribution in [2.75, 3.05) is 25.5 Å². The van der Waals surface area contributed by atoms with Crippen LogP contribution >= 0.6 is 0 Å². The quantitative estimate of drug-likeness (QED) is 0.564. The highest BCUT2D eigenvalue weighted by Gasteiger charge is 2.74. The van der Waals surface area contributed by atoms with Crippen LogP contribution in [0.3, 0.4) is 0 Å². The molecule has 0 aliphatic carbocycles. The van der Waals surface area contributed by atoms with Crippen molar-refractivity contribution < 1.29 is 24.2 Å². The molecule has 0 radical (unpaired) electrons. The van der Waals surface area contributed by atoms with Crippen LogP contribution < -0.4 is 10.6 Å². The largest absolute Gasteiger partial charge is 0.396 e. The highest BCUT2D eigenvalue weighted by Crippen LogP contribution is 2.58. The van der Waals surface area contributed by atoms with Gasteiger partial charge in [-0.05, 0) is 56.7 Å². The molecule has 31 heavy (non-hydrogen) atoms. The van der Waals surface area contributed by atoms with Crippen molar-refractivity contribution in [3.05, 3.63) is 29.3 Å². The summed E-state index contributed by atoms with van der Waals surface area (Å²) in [5.74, 6) is -1.93. The van der Waals surface area contributed by atoms with Gasteiger partial charge < -0.3 is 25.4 Å². The molecule has 0 saturated carbocycles. The minimum Gasteiger partial charge on any atom is -0.396 e. The van der Waals surface area contributed by atoms with Crippen LogP contribution in [-0.2, 0) is 19.1 Å². The van der Waals surface area contributed by atoms with Gasteiger partial charge in [0.2, 0.25) is 17.7 Å². The number of hydrogen-bond donors (Lipinski definition) is 3. The Morgan fingerprint density at radius 2 is 2.03 bits per heavy atom. The van der Waals surface area contributed by atoms with Crippen molar-refractivity contribution in [1.29, 1.82) is 0 Å². The number of amides is 3. The number of nitrogens with zero attached hydrogens (tertiary/aromatic N) is 1. The molecule has 3 heterocycles. The lowest BCUT2D eigenvalue weighted by Crippen LogP contribution is -2.53. The summed E-state index contributed by atoms with van der Waals surface area (Å²) in [6.45, 7) is 4.25. The number of unbranched alkanes of at least 4 members (excludes halogenated alkanes) is 1. The predicted octanol–water partition coefficient (Wildman–Crippen LogP) is 1.14. The van der Waals surface area contributed by atoms with E-state index in [4.69, 9.17) is 4.74 Å². The Morgan fingerprint density at radius 1 is 1.26 bits per heavy atom.